The number of fused-ring (bicyclic) bond motifs is 1. The van der Waals surface area contributed by atoms with E-state index in [9.17, 15) is 9.50 Å². The molecule has 1 aromatic carbocycles. The van der Waals surface area contributed by atoms with Gasteiger partial charge in [-0.2, -0.15) is 4.52 Å². The van der Waals surface area contributed by atoms with E-state index in [-0.39, 0.29) is 17.7 Å². The number of aromatic hydroxyl groups is 1. The number of piperazine rings is 1. The number of hydrogen-bond acceptors (Lipinski definition) is 6. The first-order valence-corrected chi connectivity index (χ1v) is 9.65. The summed E-state index contributed by atoms with van der Waals surface area (Å²) in [5, 5.41) is 15.1. The first kappa shape index (κ1) is 17.4. The molecule has 26 heavy (non-hydrogen) atoms. The lowest BCUT2D eigenvalue weighted by atomic mass is 10.0. The van der Waals surface area contributed by atoms with Crippen LogP contribution >= 0.6 is 11.3 Å². The van der Waals surface area contributed by atoms with Crippen molar-refractivity contribution in [2.45, 2.75) is 19.9 Å². The third-order valence-corrected chi connectivity index (χ3v) is 6.03. The predicted molar refractivity (Wildman–Crippen MR) is 99.2 cm³/mol. The van der Waals surface area contributed by atoms with Crippen LogP contribution in [0.4, 0.5) is 4.39 Å². The molecule has 3 heterocycles. The lowest BCUT2D eigenvalue weighted by molar-refractivity contribution is 0.113. The molecule has 0 radical (unpaired) electrons. The molecule has 2 aromatic heterocycles. The van der Waals surface area contributed by atoms with E-state index in [0.717, 1.165) is 43.2 Å². The molecule has 0 amide bonds. The molecule has 1 aliphatic rings. The molecule has 8 heteroatoms. The molecule has 138 valence electrons. The lowest BCUT2D eigenvalue weighted by Crippen LogP contribution is -2.47. The Morgan fingerprint density at radius 3 is 2.50 bits per heavy atom. The average Bonchev–Trinajstić information content (AvgIpc) is 3.15. The highest BCUT2D eigenvalue weighted by atomic mass is 32.1. The van der Waals surface area contributed by atoms with Gasteiger partial charge in [-0.1, -0.05) is 30.4 Å². The van der Waals surface area contributed by atoms with Crippen molar-refractivity contribution in [2.24, 2.45) is 0 Å². The molecule has 1 fully saturated rings. The highest BCUT2D eigenvalue weighted by Gasteiger charge is 2.31. The quantitative estimate of drug-likeness (QED) is 0.760. The van der Waals surface area contributed by atoms with Crippen LogP contribution in [0.2, 0.25) is 0 Å². The SMILES string of the molecule is CCN1CCN([C@H](c2ccc(F)cc2)c2sc3nc(C)nn3c2O)CC1. The van der Waals surface area contributed by atoms with E-state index in [1.54, 1.807) is 19.1 Å². The molecular weight excluding hydrogens is 353 g/mol. The van der Waals surface area contributed by atoms with E-state index >= 15 is 0 Å². The summed E-state index contributed by atoms with van der Waals surface area (Å²) in [5.41, 5.74) is 0.966. The van der Waals surface area contributed by atoms with Crippen LogP contribution in [-0.2, 0) is 0 Å². The Bertz CT molecular complexity index is 898. The van der Waals surface area contributed by atoms with Crippen molar-refractivity contribution in [3.63, 3.8) is 0 Å². The molecule has 0 spiro atoms. The second-order valence-corrected chi connectivity index (χ2v) is 7.58. The summed E-state index contributed by atoms with van der Waals surface area (Å²) in [7, 11) is 0. The summed E-state index contributed by atoms with van der Waals surface area (Å²) in [5.74, 6) is 0.497. The Morgan fingerprint density at radius 1 is 1.19 bits per heavy atom. The van der Waals surface area contributed by atoms with Crippen LogP contribution in [0.3, 0.4) is 0 Å². The van der Waals surface area contributed by atoms with Crippen molar-refractivity contribution < 1.29 is 9.50 Å². The van der Waals surface area contributed by atoms with Crippen LogP contribution in [0.1, 0.15) is 29.2 Å². The third-order valence-electron chi connectivity index (χ3n) is 4.96. The van der Waals surface area contributed by atoms with Crippen molar-refractivity contribution in [3.8, 4) is 5.88 Å². The molecule has 1 saturated heterocycles. The van der Waals surface area contributed by atoms with E-state index in [1.165, 1.54) is 28.0 Å². The molecule has 4 rings (SSSR count). The summed E-state index contributed by atoms with van der Waals surface area (Å²) in [4.78, 5) is 10.6. The van der Waals surface area contributed by atoms with Gasteiger partial charge >= 0.3 is 0 Å². The third kappa shape index (κ3) is 3.08. The van der Waals surface area contributed by atoms with Crippen LogP contribution in [0, 0.1) is 12.7 Å². The maximum atomic E-state index is 13.4. The van der Waals surface area contributed by atoms with Crippen LogP contribution in [-0.4, -0.2) is 62.2 Å². The van der Waals surface area contributed by atoms with E-state index in [0.29, 0.717) is 10.8 Å². The van der Waals surface area contributed by atoms with Gasteiger partial charge in [0.1, 0.15) is 11.6 Å². The fourth-order valence-electron chi connectivity index (χ4n) is 3.54. The van der Waals surface area contributed by atoms with E-state index in [4.69, 9.17) is 0 Å². The predicted octanol–water partition coefficient (Wildman–Crippen LogP) is 2.67. The number of likely N-dealkylation sites (N-methyl/N-ethyl adjacent to an activating group) is 1. The first-order valence-electron chi connectivity index (χ1n) is 8.83. The van der Waals surface area contributed by atoms with Gasteiger partial charge < -0.3 is 10.0 Å². The Morgan fingerprint density at radius 2 is 1.88 bits per heavy atom. The largest absolute Gasteiger partial charge is 0.492 e. The molecule has 3 aromatic rings. The van der Waals surface area contributed by atoms with Gasteiger partial charge in [0.25, 0.3) is 0 Å². The number of rotatable bonds is 4. The number of aromatic nitrogens is 3. The normalized spacial score (nSPS) is 17.8. The minimum absolute atomic E-state index is 0.123. The topological polar surface area (TPSA) is 56.9 Å². The standard InChI is InChI=1S/C18H22FN5OS/c1-3-22-8-10-23(11-9-22)15(13-4-6-14(19)7-5-13)16-17(25)24-18(26-16)20-12(2)21-24/h4-7,15,25H,3,8-11H2,1-2H3/t15-/m1/s1. The molecule has 0 bridgehead atoms. The minimum atomic E-state index is -0.259. The van der Waals surface area contributed by atoms with Gasteiger partial charge in [0, 0.05) is 26.2 Å². The number of hydrogen-bond donors (Lipinski definition) is 1. The maximum Gasteiger partial charge on any atom is 0.230 e. The Balaban J connectivity index is 1.75. The van der Waals surface area contributed by atoms with Crippen LogP contribution in [0.5, 0.6) is 5.88 Å². The lowest BCUT2D eigenvalue weighted by Gasteiger charge is -2.38. The first-order chi connectivity index (χ1) is 12.6. The number of aryl methyl sites for hydroxylation is 1. The summed E-state index contributed by atoms with van der Waals surface area (Å²) >= 11 is 1.44. The number of halogens is 1. The van der Waals surface area contributed by atoms with Gasteiger partial charge in [-0.3, -0.25) is 4.90 Å². The molecule has 0 unspecified atom stereocenters. The van der Waals surface area contributed by atoms with Crippen molar-refractivity contribution in [1.29, 1.82) is 0 Å². The molecule has 1 atom stereocenters. The summed E-state index contributed by atoms with van der Waals surface area (Å²) in [6.45, 7) is 8.76. The van der Waals surface area contributed by atoms with E-state index < -0.39 is 0 Å². The van der Waals surface area contributed by atoms with Crippen molar-refractivity contribution in [3.05, 3.63) is 46.3 Å². The number of thiazole rings is 1. The second-order valence-electron chi connectivity index (χ2n) is 6.57. The summed E-state index contributed by atoms with van der Waals surface area (Å²) < 4.78 is 14.9. The fourth-order valence-corrected chi connectivity index (χ4v) is 4.70. The van der Waals surface area contributed by atoms with Crippen LogP contribution < -0.4 is 0 Å². The van der Waals surface area contributed by atoms with Crippen molar-refractivity contribution in [1.82, 2.24) is 24.4 Å². The average molecular weight is 375 g/mol. The minimum Gasteiger partial charge on any atom is -0.492 e. The monoisotopic (exact) mass is 375 g/mol. The number of nitrogens with zero attached hydrogens (tertiary/aromatic N) is 5. The Hall–Kier alpha value is -2.03. The second kappa shape index (κ2) is 6.94. The fraction of sp³-hybridized carbons (Fsp3) is 0.444. The van der Waals surface area contributed by atoms with Crippen molar-refractivity contribution >= 4 is 16.3 Å². The molecule has 0 aliphatic carbocycles. The highest BCUT2D eigenvalue weighted by Crippen LogP contribution is 2.40. The maximum absolute atomic E-state index is 13.4. The zero-order valence-corrected chi connectivity index (χ0v) is 15.7. The smallest absolute Gasteiger partial charge is 0.230 e. The highest BCUT2D eigenvalue weighted by molar-refractivity contribution is 7.17. The Kier molecular flexibility index (Phi) is 4.64. The van der Waals surface area contributed by atoms with Crippen LogP contribution in [0.25, 0.3) is 4.96 Å². The van der Waals surface area contributed by atoms with Gasteiger partial charge in [-0.15, -0.1) is 5.10 Å². The molecule has 1 aliphatic heterocycles. The van der Waals surface area contributed by atoms with Crippen LogP contribution in [0.15, 0.2) is 24.3 Å². The molecule has 0 saturated carbocycles. The summed E-state index contributed by atoms with van der Waals surface area (Å²) in [6, 6.07) is 6.41. The van der Waals surface area contributed by atoms with Gasteiger partial charge in [-0.05, 0) is 31.2 Å². The van der Waals surface area contributed by atoms with Gasteiger partial charge in [0.05, 0.1) is 10.9 Å². The van der Waals surface area contributed by atoms with Gasteiger partial charge in [-0.25, -0.2) is 9.37 Å². The zero-order valence-electron chi connectivity index (χ0n) is 14.9. The van der Waals surface area contributed by atoms with Gasteiger partial charge in [0.15, 0.2) is 0 Å². The Labute approximate surface area is 155 Å². The van der Waals surface area contributed by atoms with Gasteiger partial charge in [0.2, 0.25) is 10.8 Å². The van der Waals surface area contributed by atoms with Crippen molar-refractivity contribution in [2.75, 3.05) is 32.7 Å². The van der Waals surface area contributed by atoms with E-state index in [1.807, 2.05) is 0 Å². The van der Waals surface area contributed by atoms with E-state index in [2.05, 4.69) is 26.8 Å². The summed E-state index contributed by atoms with van der Waals surface area (Å²) in [6.07, 6.45) is 0. The molecular formula is C18H22FN5OS. The molecule has 1 N–H and O–H groups in total. The number of benzene rings is 1. The zero-order chi connectivity index (χ0) is 18.3. The molecule has 6 nitrogen and oxygen atoms in total.